The van der Waals surface area contributed by atoms with Crippen molar-refractivity contribution in [3.63, 3.8) is 0 Å². The number of amides is 1. The first-order valence-corrected chi connectivity index (χ1v) is 6.71. The number of rotatable bonds is 4. The lowest BCUT2D eigenvalue weighted by Crippen LogP contribution is -2.42. The predicted octanol–water partition coefficient (Wildman–Crippen LogP) is 1.12. The second kappa shape index (κ2) is 6.97. The van der Waals surface area contributed by atoms with Crippen LogP contribution in [0.3, 0.4) is 0 Å². The minimum Gasteiger partial charge on any atom is -0.393 e. The first kappa shape index (κ1) is 14.5. The minimum atomic E-state index is -0.354. The molecule has 4 nitrogen and oxygen atoms in total. The third-order valence-corrected chi connectivity index (χ3v) is 3.65. The van der Waals surface area contributed by atoms with Gasteiger partial charge in [0.15, 0.2) is 0 Å². The Morgan fingerprint density at radius 3 is 2.71 bits per heavy atom. The summed E-state index contributed by atoms with van der Waals surface area (Å²) in [6.45, 7) is 2.36. The molecule has 0 aromatic carbocycles. The second-order valence-corrected chi connectivity index (χ2v) is 5.31. The Hall–Kier alpha value is -0.610. The molecule has 0 heterocycles. The van der Waals surface area contributed by atoms with Crippen LogP contribution >= 0.6 is 0 Å². The fourth-order valence-electron chi connectivity index (χ4n) is 2.42. The highest BCUT2D eigenvalue weighted by Gasteiger charge is 2.29. The Kier molecular flexibility index (Phi) is 5.92. The number of aliphatic hydroxyl groups excluding tert-OH is 1. The van der Waals surface area contributed by atoms with Crippen molar-refractivity contribution in [2.75, 3.05) is 13.6 Å². The van der Waals surface area contributed by atoms with Gasteiger partial charge < -0.3 is 15.7 Å². The highest BCUT2D eigenvalue weighted by molar-refractivity contribution is 5.79. The molecule has 1 rings (SSSR count). The number of carbonyl (C=O) groups excluding carboxylic acids is 1. The zero-order valence-corrected chi connectivity index (χ0v) is 11.1. The number of hydrogen-bond acceptors (Lipinski definition) is 3. The molecule has 0 spiro atoms. The van der Waals surface area contributed by atoms with E-state index >= 15 is 0 Å². The maximum atomic E-state index is 12.2. The number of aliphatic hydroxyl groups is 1. The molecule has 0 bridgehead atoms. The van der Waals surface area contributed by atoms with E-state index in [1.807, 2.05) is 7.05 Å². The van der Waals surface area contributed by atoms with Crippen LogP contribution in [-0.2, 0) is 4.79 Å². The fraction of sp³-hybridized carbons (Fsp3) is 0.923. The van der Waals surface area contributed by atoms with Crippen LogP contribution in [0.4, 0.5) is 0 Å². The van der Waals surface area contributed by atoms with Crippen LogP contribution in [-0.4, -0.2) is 41.7 Å². The van der Waals surface area contributed by atoms with E-state index in [0.29, 0.717) is 13.0 Å². The van der Waals surface area contributed by atoms with E-state index in [9.17, 15) is 9.90 Å². The molecule has 3 N–H and O–H groups in total. The van der Waals surface area contributed by atoms with Gasteiger partial charge in [0, 0.05) is 19.6 Å². The first-order chi connectivity index (χ1) is 8.02. The van der Waals surface area contributed by atoms with Crippen LogP contribution in [0.15, 0.2) is 0 Å². The van der Waals surface area contributed by atoms with E-state index in [2.05, 4.69) is 0 Å². The van der Waals surface area contributed by atoms with Crippen LogP contribution in [0.2, 0.25) is 0 Å². The molecule has 0 saturated heterocycles. The molecular formula is C13H26N2O2. The molecular weight excluding hydrogens is 216 g/mol. The van der Waals surface area contributed by atoms with Gasteiger partial charge in [-0.2, -0.15) is 0 Å². The Morgan fingerprint density at radius 1 is 1.41 bits per heavy atom. The first-order valence-electron chi connectivity index (χ1n) is 6.71. The van der Waals surface area contributed by atoms with Gasteiger partial charge in [-0.25, -0.2) is 0 Å². The van der Waals surface area contributed by atoms with Gasteiger partial charge in [0.1, 0.15) is 0 Å². The molecule has 0 aromatic rings. The third kappa shape index (κ3) is 4.64. The van der Waals surface area contributed by atoms with Crippen molar-refractivity contribution in [2.45, 2.75) is 57.6 Å². The molecule has 0 aliphatic heterocycles. The lowest BCUT2D eigenvalue weighted by atomic mass is 9.94. The van der Waals surface area contributed by atoms with Crippen LogP contribution in [0.25, 0.3) is 0 Å². The highest BCUT2D eigenvalue weighted by atomic mass is 16.3. The zero-order chi connectivity index (χ0) is 12.8. The van der Waals surface area contributed by atoms with Crippen molar-refractivity contribution in [3.05, 3.63) is 0 Å². The van der Waals surface area contributed by atoms with Gasteiger partial charge in [-0.3, -0.25) is 4.79 Å². The van der Waals surface area contributed by atoms with Gasteiger partial charge >= 0.3 is 0 Å². The SMILES string of the molecule is CC(O)CCN(C)C(=O)C1CCCCCC1N. The predicted molar refractivity (Wildman–Crippen MR) is 68.5 cm³/mol. The van der Waals surface area contributed by atoms with E-state index in [0.717, 1.165) is 25.7 Å². The summed E-state index contributed by atoms with van der Waals surface area (Å²) in [5.41, 5.74) is 6.08. The molecule has 1 fully saturated rings. The van der Waals surface area contributed by atoms with Crippen molar-refractivity contribution in [3.8, 4) is 0 Å². The molecule has 0 radical (unpaired) electrons. The summed E-state index contributed by atoms with van der Waals surface area (Å²) in [6.07, 6.45) is 5.59. The number of hydrogen-bond donors (Lipinski definition) is 2. The topological polar surface area (TPSA) is 66.6 Å². The third-order valence-electron chi connectivity index (χ3n) is 3.65. The smallest absolute Gasteiger partial charge is 0.226 e. The number of carbonyl (C=O) groups is 1. The monoisotopic (exact) mass is 242 g/mol. The van der Waals surface area contributed by atoms with Gasteiger partial charge in [-0.1, -0.05) is 19.3 Å². The lowest BCUT2D eigenvalue weighted by Gasteiger charge is -2.26. The van der Waals surface area contributed by atoms with Crippen molar-refractivity contribution in [1.29, 1.82) is 0 Å². The Balaban J connectivity index is 2.48. The molecule has 1 aliphatic rings. The second-order valence-electron chi connectivity index (χ2n) is 5.31. The van der Waals surface area contributed by atoms with E-state index in [1.165, 1.54) is 6.42 Å². The van der Waals surface area contributed by atoms with Gasteiger partial charge in [0.05, 0.1) is 12.0 Å². The van der Waals surface area contributed by atoms with Crippen molar-refractivity contribution in [1.82, 2.24) is 4.90 Å². The Bertz CT molecular complexity index is 244. The summed E-state index contributed by atoms with van der Waals surface area (Å²) in [6, 6.07) is 0.0130. The standard InChI is InChI=1S/C13H26N2O2/c1-10(16)8-9-15(2)13(17)11-6-4-3-5-7-12(11)14/h10-12,16H,3-9,14H2,1-2H3. The van der Waals surface area contributed by atoms with Gasteiger partial charge in [-0.05, 0) is 26.2 Å². The number of nitrogens with two attached hydrogens (primary N) is 1. The molecule has 3 atom stereocenters. The van der Waals surface area contributed by atoms with Gasteiger partial charge in [0.2, 0.25) is 5.91 Å². The molecule has 17 heavy (non-hydrogen) atoms. The quantitative estimate of drug-likeness (QED) is 0.726. The normalized spacial score (nSPS) is 27.3. The van der Waals surface area contributed by atoms with Gasteiger partial charge in [-0.15, -0.1) is 0 Å². The zero-order valence-electron chi connectivity index (χ0n) is 11.1. The van der Waals surface area contributed by atoms with E-state index in [-0.39, 0.29) is 24.0 Å². The van der Waals surface area contributed by atoms with Crippen LogP contribution in [0.1, 0.15) is 45.4 Å². The van der Waals surface area contributed by atoms with E-state index in [1.54, 1.807) is 11.8 Å². The lowest BCUT2D eigenvalue weighted by molar-refractivity contribution is -0.135. The van der Waals surface area contributed by atoms with Crippen LogP contribution < -0.4 is 5.73 Å². The Labute approximate surface area is 104 Å². The molecule has 1 amide bonds. The molecule has 4 heteroatoms. The average molecular weight is 242 g/mol. The average Bonchev–Trinajstić information content (AvgIpc) is 2.49. The largest absolute Gasteiger partial charge is 0.393 e. The molecule has 3 unspecified atom stereocenters. The molecule has 0 aromatic heterocycles. The summed E-state index contributed by atoms with van der Waals surface area (Å²) in [4.78, 5) is 14.0. The highest BCUT2D eigenvalue weighted by Crippen LogP contribution is 2.23. The van der Waals surface area contributed by atoms with Crippen LogP contribution in [0.5, 0.6) is 0 Å². The summed E-state index contributed by atoms with van der Waals surface area (Å²) < 4.78 is 0. The summed E-state index contributed by atoms with van der Waals surface area (Å²) in [5.74, 6) is 0.136. The summed E-state index contributed by atoms with van der Waals surface area (Å²) in [5, 5.41) is 9.23. The summed E-state index contributed by atoms with van der Waals surface area (Å²) in [7, 11) is 1.81. The number of nitrogens with zero attached hydrogens (tertiary/aromatic N) is 1. The van der Waals surface area contributed by atoms with Crippen LogP contribution in [0, 0.1) is 5.92 Å². The summed E-state index contributed by atoms with van der Waals surface area (Å²) >= 11 is 0. The van der Waals surface area contributed by atoms with E-state index < -0.39 is 0 Å². The molecule has 100 valence electrons. The van der Waals surface area contributed by atoms with Crippen molar-refractivity contribution >= 4 is 5.91 Å². The Morgan fingerprint density at radius 2 is 2.06 bits per heavy atom. The minimum absolute atomic E-state index is 0.0130. The molecule has 1 aliphatic carbocycles. The maximum Gasteiger partial charge on any atom is 0.226 e. The molecule has 1 saturated carbocycles. The fourth-order valence-corrected chi connectivity index (χ4v) is 2.42. The van der Waals surface area contributed by atoms with E-state index in [4.69, 9.17) is 5.73 Å². The maximum absolute atomic E-state index is 12.2. The van der Waals surface area contributed by atoms with Crippen molar-refractivity contribution in [2.24, 2.45) is 11.7 Å². The van der Waals surface area contributed by atoms with Crippen molar-refractivity contribution < 1.29 is 9.90 Å². The van der Waals surface area contributed by atoms with Gasteiger partial charge in [0.25, 0.3) is 0 Å².